The molecule has 0 aromatic heterocycles. The summed E-state index contributed by atoms with van der Waals surface area (Å²) in [6.45, 7) is 2.10. The van der Waals surface area contributed by atoms with Crippen molar-refractivity contribution in [2.24, 2.45) is 0 Å². The molecule has 0 amide bonds. The van der Waals surface area contributed by atoms with Crippen molar-refractivity contribution in [2.45, 2.75) is 26.2 Å². The minimum Gasteiger partial charge on any atom is -0.423 e. The number of rotatable bonds is 4. The predicted molar refractivity (Wildman–Crippen MR) is 59.3 cm³/mol. The molecule has 0 radical (unpaired) electrons. The van der Waals surface area contributed by atoms with Crippen molar-refractivity contribution >= 4 is 18.3 Å². The molecule has 0 heterocycles. The van der Waals surface area contributed by atoms with E-state index >= 15 is 0 Å². The Labute approximate surface area is 84.7 Å². The van der Waals surface area contributed by atoms with Crippen LogP contribution in [-0.2, 0) is 6.42 Å². The largest absolute Gasteiger partial charge is 0.490 e. The fourth-order valence-electron chi connectivity index (χ4n) is 1.53. The van der Waals surface area contributed by atoms with Crippen LogP contribution in [0, 0.1) is 0 Å². The van der Waals surface area contributed by atoms with Crippen LogP contribution in [0.15, 0.2) is 18.2 Å². The zero-order valence-electron chi connectivity index (χ0n) is 8.40. The Kier molecular flexibility index (Phi) is 3.98. The molecule has 0 saturated heterocycles. The van der Waals surface area contributed by atoms with Gasteiger partial charge in [-0.2, -0.15) is 0 Å². The van der Waals surface area contributed by atoms with Gasteiger partial charge in [-0.1, -0.05) is 25.5 Å². The maximum absolute atomic E-state index is 9.16. The topological polar surface area (TPSA) is 66.5 Å². The van der Waals surface area contributed by atoms with Gasteiger partial charge in [0.2, 0.25) is 0 Å². The highest BCUT2D eigenvalue weighted by atomic mass is 16.4. The van der Waals surface area contributed by atoms with Gasteiger partial charge >= 0.3 is 7.12 Å². The van der Waals surface area contributed by atoms with Gasteiger partial charge in [-0.15, -0.1) is 0 Å². The minimum atomic E-state index is -1.47. The molecule has 4 N–H and O–H groups in total. The average Bonchev–Trinajstić information content (AvgIpc) is 2.14. The molecular weight excluding hydrogens is 177 g/mol. The second-order valence-electron chi connectivity index (χ2n) is 3.40. The maximum atomic E-state index is 9.16. The van der Waals surface area contributed by atoms with E-state index in [1.807, 2.05) is 12.1 Å². The molecule has 0 spiro atoms. The smallest absolute Gasteiger partial charge is 0.423 e. The molecule has 0 saturated carbocycles. The highest BCUT2D eigenvalue weighted by Gasteiger charge is 2.18. The Balaban J connectivity index is 2.96. The van der Waals surface area contributed by atoms with E-state index in [9.17, 15) is 0 Å². The van der Waals surface area contributed by atoms with Crippen molar-refractivity contribution < 1.29 is 10.0 Å². The number of hydrogen-bond acceptors (Lipinski definition) is 3. The average molecular weight is 193 g/mol. The molecular formula is C10H16BNO2. The summed E-state index contributed by atoms with van der Waals surface area (Å²) in [5.74, 6) is 0. The summed E-state index contributed by atoms with van der Waals surface area (Å²) in [5, 5.41) is 18.3. The van der Waals surface area contributed by atoms with E-state index in [4.69, 9.17) is 15.8 Å². The van der Waals surface area contributed by atoms with Crippen LogP contribution in [0.5, 0.6) is 0 Å². The Hall–Kier alpha value is -0.995. The van der Waals surface area contributed by atoms with Crippen LogP contribution in [0.1, 0.15) is 25.3 Å². The van der Waals surface area contributed by atoms with Gasteiger partial charge in [-0.25, -0.2) is 0 Å². The molecule has 1 aromatic rings. The lowest BCUT2D eigenvalue weighted by Crippen LogP contribution is -2.35. The third-order valence-electron chi connectivity index (χ3n) is 2.29. The maximum Gasteiger partial charge on any atom is 0.490 e. The summed E-state index contributed by atoms with van der Waals surface area (Å²) in [6.07, 6.45) is 2.95. The van der Waals surface area contributed by atoms with Gasteiger partial charge in [0, 0.05) is 11.2 Å². The number of unbranched alkanes of at least 4 members (excludes halogenated alkanes) is 1. The van der Waals surface area contributed by atoms with Crippen molar-refractivity contribution in [2.75, 3.05) is 5.73 Å². The zero-order chi connectivity index (χ0) is 10.6. The lowest BCUT2D eigenvalue weighted by atomic mass is 9.75. The quantitative estimate of drug-likeness (QED) is 0.475. The van der Waals surface area contributed by atoms with Crippen LogP contribution in [-0.4, -0.2) is 17.2 Å². The highest BCUT2D eigenvalue weighted by Crippen LogP contribution is 2.08. The lowest BCUT2D eigenvalue weighted by Gasteiger charge is -2.10. The van der Waals surface area contributed by atoms with Crippen molar-refractivity contribution in [3.05, 3.63) is 23.8 Å². The first-order valence-corrected chi connectivity index (χ1v) is 4.90. The number of aryl methyl sites for hydroxylation is 1. The van der Waals surface area contributed by atoms with Gasteiger partial charge in [0.05, 0.1) is 0 Å². The molecule has 0 aliphatic carbocycles. The van der Waals surface area contributed by atoms with Gasteiger partial charge < -0.3 is 15.8 Å². The number of hydrogen-bond donors (Lipinski definition) is 3. The van der Waals surface area contributed by atoms with Crippen LogP contribution in [0.2, 0.25) is 0 Å². The van der Waals surface area contributed by atoms with Crippen LogP contribution in [0.25, 0.3) is 0 Å². The lowest BCUT2D eigenvalue weighted by molar-refractivity contribution is 0.425. The molecule has 0 atom stereocenters. The van der Waals surface area contributed by atoms with Crippen molar-refractivity contribution in [3.8, 4) is 0 Å². The van der Waals surface area contributed by atoms with Gasteiger partial charge in [-0.05, 0) is 24.5 Å². The first-order valence-electron chi connectivity index (χ1n) is 4.90. The number of benzene rings is 1. The van der Waals surface area contributed by atoms with Crippen LogP contribution >= 0.6 is 0 Å². The monoisotopic (exact) mass is 193 g/mol. The Morgan fingerprint density at radius 2 is 2.07 bits per heavy atom. The number of anilines is 1. The highest BCUT2D eigenvalue weighted by molar-refractivity contribution is 6.61. The molecule has 0 fully saturated rings. The second kappa shape index (κ2) is 5.03. The minimum absolute atomic E-state index is 0.452. The van der Waals surface area contributed by atoms with E-state index in [2.05, 4.69) is 6.92 Å². The molecule has 14 heavy (non-hydrogen) atoms. The molecule has 1 rings (SSSR count). The normalized spacial score (nSPS) is 10.2. The molecule has 0 unspecified atom stereocenters. The summed E-state index contributed by atoms with van der Waals surface area (Å²) in [5.41, 5.74) is 7.52. The number of nitrogen functional groups attached to an aromatic ring is 1. The van der Waals surface area contributed by atoms with E-state index in [0.717, 1.165) is 24.8 Å². The summed E-state index contributed by atoms with van der Waals surface area (Å²) < 4.78 is 0. The van der Waals surface area contributed by atoms with Crippen LogP contribution in [0.3, 0.4) is 0 Å². The van der Waals surface area contributed by atoms with Crippen LogP contribution < -0.4 is 11.2 Å². The predicted octanol–water partition coefficient (Wildman–Crippen LogP) is 0.291. The first kappa shape index (κ1) is 11.1. The van der Waals surface area contributed by atoms with E-state index in [1.165, 1.54) is 0 Å². The van der Waals surface area contributed by atoms with E-state index in [-0.39, 0.29) is 0 Å². The summed E-state index contributed by atoms with van der Waals surface area (Å²) in [7, 11) is -1.47. The van der Waals surface area contributed by atoms with Gasteiger partial charge in [-0.3, -0.25) is 0 Å². The summed E-state index contributed by atoms with van der Waals surface area (Å²) in [4.78, 5) is 0. The summed E-state index contributed by atoms with van der Waals surface area (Å²) in [6, 6.07) is 5.41. The zero-order valence-corrected chi connectivity index (χ0v) is 8.40. The molecule has 0 bridgehead atoms. The fourth-order valence-corrected chi connectivity index (χ4v) is 1.53. The van der Waals surface area contributed by atoms with Gasteiger partial charge in [0.15, 0.2) is 0 Å². The van der Waals surface area contributed by atoms with Gasteiger partial charge in [0.25, 0.3) is 0 Å². The molecule has 76 valence electrons. The van der Waals surface area contributed by atoms with E-state index < -0.39 is 7.12 Å². The van der Waals surface area contributed by atoms with Crippen LogP contribution in [0.4, 0.5) is 5.69 Å². The van der Waals surface area contributed by atoms with Crippen molar-refractivity contribution in [1.29, 1.82) is 0 Å². The SMILES string of the molecule is CCCCc1cccc(N)c1B(O)O. The van der Waals surface area contributed by atoms with Gasteiger partial charge in [0.1, 0.15) is 0 Å². The van der Waals surface area contributed by atoms with Crippen molar-refractivity contribution in [3.63, 3.8) is 0 Å². The van der Waals surface area contributed by atoms with E-state index in [0.29, 0.717) is 11.2 Å². The standard InChI is InChI=1S/C10H16BNO2/c1-2-3-5-8-6-4-7-9(12)10(8)11(13)14/h4,6-7,13-14H,2-3,5,12H2,1H3. The molecule has 1 aromatic carbocycles. The molecule has 0 aliphatic rings. The molecule has 3 nitrogen and oxygen atoms in total. The molecule has 0 aliphatic heterocycles. The third kappa shape index (κ3) is 2.50. The van der Waals surface area contributed by atoms with Crippen molar-refractivity contribution in [1.82, 2.24) is 0 Å². The molecule has 4 heteroatoms. The number of nitrogens with two attached hydrogens (primary N) is 1. The van der Waals surface area contributed by atoms with E-state index in [1.54, 1.807) is 6.07 Å². The third-order valence-corrected chi connectivity index (χ3v) is 2.29. The summed E-state index contributed by atoms with van der Waals surface area (Å²) >= 11 is 0. The fraction of sp³-hybridized carbons (Fsp3) is 0.400. The Morgan fingerprint density at radius 1 is 1.36 bits per heavy atom. The first-order chi connectivity index (χ1) is 6.66. The Bertz CT molecular complexity index is 302. The Morgan fingerprint density at radius 3 is 2.64 bits per heavy atom. The second-order valence-corrected chi connectivity index (χ2v) is 3.40.